The Morgan fingerprint density at radius 1 is 1.48 bits per heavy atom. The molecule has 0 spiro atoms. The molecule has 0 aliphatic carbocycles. The Morgan fingerprint density at radius 2 is 2.24 bits per heavy atom. The topological polar surface area (TPSA) is 67.8 Å². The lowest BCUT2D eigenvalue weighted by Crippen LogP contribution is -2.22. The molecular weight excluding hydrogens is 348 g/mol. The maximum atomic E-state index is 12.1. The summed E-state index contributed by atoms with van der Waals surface area (Å²) in [5.74, 6) is 0.810. The van der Waals surface area contributed by atoms with Crippen molar-refractivity contribution in [3.05, 3.63) is 23.5 Å². The van der Waals surface area contributed by atoms with Crippen molar-refractivity contribution >= 4 is 58.1 Å². The third kappa shape index (κ3) is 4.84. The average molecular weight is 361 g/mol. The molecule has 0 saturated heterocycles. The molecule has 2 aromatic rings. The van der Waals surface area contributed by atoms with Gasteiger partial charge in [-0.2, -0.15) is 0 Å². The summed E-state index contributed by atoms with van der Waals surface area (Å²) in [6, 6.07) is 3.43. The van der Waals surface area contributed by atoms with Crippen LogP contribution in [0.4, 0.5) is 5.69 Å². The molecule has 0 aromatic carbocycles. The van der Waals surface area contributed by atoms with E-state index in [-0.39, 0.29) is 16.3 Å². The smallest absolute Gasteiger partial charge is 0.237 e. The molecule has 0 radical (unpaired) electrons. The minimum absolute atomic E-state index is 0.144. The van der Waals surface area contributed by atoms with Gasteiger partial charge in [0.25, 0.3) is 0 Å². The number of thioether (sulfide) groups is 2. The van der Waals surface area contributed by atoms with Crippen LogP contribution in [0.3, 0.4) is 0 Å². The van der Waals surface area contributed by atoms with Crippen molar-refractivity contribution in [2.24, 2.45) is 0 Å². The first-order chi connectivity index (χ1) is 10.1. The summed E-state index contributed by atoms with van der Waals surface area (Å²) in [6.07, 6.45) is 1.57. The number of pyridine rings is 1. The van der Waals surface area contributed by atoms with Gasteiger partial charge >= 0.3 is 0 Å². The van der Waals surface area contributed by atoms with Crippen LogP contribution >= 0.6 is 46.5 Å². The number of carbonyl (C=O) groups excluding carboxylic acids is 1. The van der Waals surface area contributed by atoms with E-state index >= 15 is 0 Å². The van der Waals surface area contributed by atoms with Crippen LogP contribution in [0.5, 0.6) is 0 Å². The van der Waals surface area contributed by atoms with Crippen molar-refractivity contribution in [1.82, 2.24) is 15.2 Å². The van der Waals surface area contributed by atoms with Crippen LogP contribution in [0.15, 0.2) is 27.0 Å². The van der Waals surface area contributed by atoms with Gasteiger partial charge in [-0.05, 0) is 24.8 Å². The number of hydrogen-bond acceptors (Lipinski definition) is 7. The van der Waals surface area contributed by atoms with Gasteiger partial charge < -0.3 is 5.32 Å². The molecule has 2 aromatic heterocycles. The summed E-state index contributed by atoms with van der Waals surface area (Å²) < 4.78 is 1.70. The van der Waals surface area contributed by atoms with Gasteiger partial charge in [0, 0.05) is 6.20 Å². The Morgan fingerprint density at radius 3 is 2.95 bits per heavy atom. The Bertz CT molecular complexity index is 622. The number of nitrogens with zero attached hydrogens (tertiary/aromatic N) is 3. The van der Waals surface area contributed by atoms with Crippen molar-refractivity contribution in [1.29, 1.82) is 0 Å². The Kier molecular flexibility index (Phi) is 6.28. The van der Waals surface area contributed by atoms with Gasteiger partial charge in [0.15, 0.2) is 13.8 Å². The number of hydrogen-bond donors (Lipinski definition) is 1. The van der Waals surface area contributed by atoms with E-state index in [1.807, 2.05) is 6.92 Å². The normalized spacial score (nSPS) is 12.1. The third-order valence-electron chi connectivity index (χ3n) is 2.32. The molecule has 0 unspecified atom stereocenters. The molecule has 1 amide bonds. The number of nitrogens with one attached hydrogen (secondary N) is 1. The second-order valence-corrected chi connectivity index (χ2v) is 8.29. The molecule has 0 saturated carbocycles. The molecule has 1 atom stereocenters. The second kappa shape index (κ2) is 7.98. The van der Waals surface area contributed by atoms with Crippen LogP contribution in [-0.2, 0) is 4.79 Å². The number of aromatic nitrogens is 3. The molecule has 0 aliphatic rings. The molecule has 2 rings (SSSR count). The van der Waals surface area contributed by atoms with Crippen molar-refractivity contribution in [2.45, 2.75) is 27.8 Å². The van der Waals surface area contributed by atoms with Crippen LogP contribution in [0, 0.1) is 0 Å². The number of carbonyl (C=O) groups is 1. The minimum atomic E-state index is -0.298. The maximum absolute atomic E-state index is 12.1. The molecule has 9 heteroatoms. The average Bonchev–Trinajstić information content (AvgIpc) is 2.89. The summed E-state index contributed by atoms with van der Waals surface area (Å²) in [6.45, 7) is 3.88. The summed E-state index contributed by atoms with van der Waals surface area (Å²) in [5, 5.41) is 10.9. The Labute approximate surface area is 140 Å². The summed E-state index contributed by atoms with van der Waals surface area (Å²) in [5.41, 5.74) is 0.510. The fraction of sp³-hybridized carbons (Fsp3) is 0.333. The van der Waals surface area contributed by atoms with Crippen molar-refractivity contribution in [2.75, 3.05) is 11.1 Å². The first kappa shape index (κ1) is 16.5. The predicted octanol–water partition coefficient (Wildman–Crippen LogP) is 3.82. The van der Waals surface area contributed by atoms with Gasteiger partial charge in [-0.15, -0.1) is 10.2 Å². The van der Waals surface area contributed by atoms with E-state index in [9.17, 15) is 4.79 Å². The summed E-state index contributed by atoms with van der Waals surface area (Å²) in [4.78, 5) is 16.1. The van der Waals surface area contributed by atoms with E-state index in [2.05, 4.69) is 27.4 Å². The van der Waals surface area contributed by atoms with E-state index in [1.54, 1.807) is 30.1 Å². The molecule has 112 valence electrons. The van der Waals surface area contributed by atoms with Gasteiger partial charge in [-0.25, -0.2) is 4.98 Å². The molecular formula is C12H13ClN4OS3. The molecule has 0 fully saturated rings. The lowest BCUT2D eigenvalue weighted by atomic mass is 10.4. The Balaban J connectivity index is 1.94. The highest BCUT2D eigenvalue weighted by molar-refractivity contribution is 8.03. The minimum Gasteiger partial charge on any atom is -0.322 e. The monoisotopic (exact) mass is 360 g/mol. The summed E-state index contributed by atoms with van der Waals surface area (Å²) in [7, 11) is 0. The van der Waals surface area contributed by atoms with Crippen LogP contribution in [0.25, 0.3) is 0 Å². The quantitative estimate of drug-likeness (QED) is 0.624. The highest BCUT2D eigenvalue weighted by Gasteiger charge is 2.18. The SMILES string of the molecule is CCSc1nnc(S[C@H](C)C(=O)Nc2cccnc2Cl)s1. The number of rotatable bonds is 6. The van der Waals surface area contributed by atoms with Gasteiger partial charge in [0.2, 0.25) is 5.91 Å². The highest BCUT2D eigenvalue weighted by Crippen LogP contribution is 2.31. The predicted molar refractivity (Wildman–Crippen MR) is 89.5 cm³/mol. The molecule has 5 nitrogen and oxygen atoms in total. The zero-order chi connectivity index (χ0) is 15.2. The number of halogens is 1. The van der Waals surface area contributed by atoms with Crippen molar-refractivity contribution in [3.8, 4) is 0 Å². The Hall–Kier alpha value is -0.830. The van der Waals surface area contributed by atoms with E-state index in [0.29, 0.717) is 5.69 Å². The highest BCUT2D eigenvalue weighted by atomic mass is 35.5. The fourth-order valence-electron chi connectivity index (χ4n) is 1.34. The van der Waals surface area contributed by atoms with Crippen LogP contribution in [0.2, 0.25) is 5.15 Å². The maximum Gasteiger partial charge on any atom is 0.237 e. The van der Waals surface area contributed by atoms with E-state index in [4.69, 9.17) is 11.6 Å². The van der Waals surface area contributed by atoms with Gasteiger partial charge in [0.1, 0.15) is 0 Å². The van der Waals surface area contributed by atoms with Crippen LogP contribution in [0.1, 0.15) is 13.8 Å². The van der Waals surface area contributed by atoms with Gasteiger partial charge in [-0.3, -0.25) is 4.79 Å². The van der Waals surface area contributed by atoms with E-state index in [0.717, 1.165) is 14.4 Å². The third-order valence-corrected chi connectivity index (χ3v) is 5.74. The number of amides is 1. The fourth-order valence-corrected chi connectivity index (χ4v) is 4.57. The molecule has 1 N–H and O–H groups in total. The van der Waals surface area contributed by atoms with Crippen molar-refractivity contribution in [3.63, 3.8) is 0 Å². The zero-order valence-corrected chi connectivity index (χ0v) is 14.6. The largest absolute Gasteiger partial charge is 0.322 e. The molecule has 0 aliphatic heterocycles. The molecule has 0 bridgehead atoms. The first-order valence-electron chi connectivity index (χ1n) is 6.14. The van der Waals surface area contributed by atoms with Crippen LogP contribution < -0.4 is 5.32 Å². The van der Waals surface area contributed by atoms with Gasteiger partial charge in [-0.1, -0.05) is 53.4 Å². The lowest BCUT2D eigenvalue weighted by Gasteiger charge is -2.10. The lowest BCUT2D eigenvalue weighted by molar-refractivity contribution is -0.115. The molecule has 21 heavy (non-hydrogen) atoms. The van der Waals surface area contributed by atoms with E-state index < -0.39 is 0 Å². The first-order valence-corrected chi connectivity index (χ1v) is 9.20. The van der Waals surface area contributed by atoms with Gasteiger partial charge in [0.05, 0.1) is 10.9 Å². The molecule has 2 heterocycles. The standard InChI is InChI=1S/C12H13ClN4OS3/c1-3-19-11-16-17-12(21-11)20-7(2)10(18)15-8-5-4-6-14-9(8)13/h4-7H,3H2,1-2H3,(H,15,18)/t7-/m1/s1. The van der Waals surface area contributed by atoms with E-state index in [1.165, 1.54) is 23.1 Å². The van der Waals surface area contributed by atoms with Crippen molar-refractivity contribution < 1.29 is 4.79 Å². The second-order valence-electron chi connectivity index (χ2n) is 3.86. The summed E-state index contributed by atoms with van der Waals surface area (Å²) >= 11 is 10.4. The van der Waals surface area contributed by atoms with Crippen LogP contribution in [-0.4, -0.2) is 32.1 Å². The number of anilines is 1. The zero-order valence-electron chi connectivity index (χ0n) is 11.4.